The van der Waals surface area contributed by atoms with Gasteiger partial charge in [0.1, 0.15) is 18.2 Å². The number of anilines is 1. The van der Waals surface area contributed by atoms with E-state index in [1.807, 2.05) is 0 Å². The van der Waals surface area contributed by atoms with Gasteiger partial charge in [0, 0.05) is 6.54 Å². The summed E-state index contributed by atoms with van der Waals surface area (Å²) in [6.07, 6.45) is 0. The lowest BCUT2D eigenvalue weighted by atomic mass is 10.1. The first-order valence-electron chi connectivity index (χ1n) is 9.33. The van der Waals surface area contributed by atoms with Crippen molar-refractivity contribution in [2.45, 2.75) is 6.54 Å². The summed E-state index contributed by atoms with van der Waals surface area (Å²) >= 11 is 0. The SMILES string of the molecule is COC(=O)C1=C(C(=O)OC)N(c2ccccc2C(=O)NCc2ccc(F)cc2)COC1. The van der Waals surface area contributed by atoms with Gasteiger partial charge in [-0.3, -0.25) is 4.79 Å². The van der Waals surface area contributed by atoms with Crippen LogP contribution in [0.25, 0.3) is 0 Å². The Bertz CT molecular complexity index is 1020. The maximum absolute atomic E-state index is 13.1. The third-order valence-corrected chi connectivity index (χ3v) is 4.64. The largest absolute Gasteiger partial charge is 0.466 e. The first kappa shape index (κ1) is 22.0. The summed E-state index contributed by atoms with van der Waals surface area (Å²) in [5, 5.41) is 2.76. The monoisotopic (exact) mass is 428 g/mol. The Balaban J connectivity index is 1.93. The van der Waals surface area contributed by atoms with Gasteiger partial charge in [-0.25, -0.2) is 14.0 Å². The van der Waals surface area contributed by atoms with Crippen LogP contribution >= 0.6 is 0 Å². The molecule has 8 nitrogen and oxygen atoms in total. The summed E-state index contributed by atoms with van der Waals surface area (Å²) < 4.78 is 28.1. The number of amides is 1. The van der Waals surface area contributed by atoms with E-state index in [-0.39, 0.29) is 42.5 Å². The molecule has 0 aliphatic carbocycles. The fourth-order valence-electron chi connectivity index (χ4n) is 3.11. The van der Waals surface area contributed by atoms with Gasteiger partial charge < -0.3 is 24.4 Å². The molecule has 1 amide bonds. The van der Waals surface area contributed by atoms with E-state index >= 15 is 0 Å². The number of rotatable bonds is 6. The fraction of sp³-hybridized carbons (Fsp3) is 0.227. The molecule has 1 heterocycles. The summed E-state index contributed by atoms with van der Waals surface area (Å²) in [4.78, 5) is 38.9. The van der Waals surface area contributed by atoms with Crippen molar-refractivity contribution in [2.75, 3.05) is 32.5 Å². The van der Waals surface area contributed by atoms with Gasteiger partial charge in [0.25, 0.3) is 5.91 Å². The first-order chi connectivity index (χ1) is 15.0. The number of methoxy groups -OCH3 is 2. The van der Waals surface area contributed by atoms with E-state index in [1.165, 1.54) is 31.3 Å². The standard InChI is InChI=1S/C22H21FN2O6/c1-29-21(27)17-12-31-13-25(19(17)22(28)30-2)18-6-4-3-5-16(18)20(26)24-11-14-7-9-15(23)10-8-14/h3-10H,11-13H2,1-2H3,(H,24,26). The lowest BCUT2D eigenvalue weighted by Crippen LogP contribution is -2.40. The molecule has 2 aromatic rings. The predicted octanol–water partition coefficient (Wildman–Crippen LogP) is 2.15. The molecule has 0 atom stereocenters. The normalized spacial score (nSPS) is 13.6. The number of halogens is 1. The molecule has 0 radical (unpaired) electrons. The van der Waals surface area contributed by atoms with Crippen LogP contribution in [0.4, 0.5) is 10.1 Å². The van der Waals surface area contributed by atoms with Crippen LogP contribution in [-0.2, 0) is 30.3 Å². The number of benzene rings is 2. The van der Waals surface area contributed by atoms with Crippen molar-refractivity contribution in [1.82, 2.24) is 5.32 Å². The molecule has 31 heavy (non-hydrogen) atoms. The fourth-order valence-corrected chi connectivity index (χ4v) is 3.11. The average molecular weight is 428 g/mol. The third kappa shape index (κ3) is 4.89. The third-order valence-electron chi connectivity index (χ3n) is 4.64. The predicted molar refractivity (Wildman–Crippen MR) is 108 cm³/mol. The molecule has 1 aliphatic rings. The van der Waals surface area contributed by atoms with Crippen molar-refractivity contribution < 1.29 is 33.0 Å². The Morgan fingerprint density at radius 1 is 1.03 bits per heavy atom. The summed E-state index contributed by atoms with van der Waals surface area (Å²) in [6, 6.07) is 12.3. The number of esters is 2. The zero-order valence-corrected chi connectivity index (χ0v) is 17.0. The second-order valence-electron chi connectivity index (χ2n) is 6.54. The number of nitrogens with one attached hydrogen (secondary N) is 1. The minimum absolute atomic E-state index is 0.0119. The molecule has 0 unspecified atom stereocenters. The molecule has 2 aromatic carbocycles. The van der Waals surface area contributed by atoms with Crippen LogP contribution < -0.4 is 10.2 Å². The molecule has 0 saturated carbocycles. The van der Waals surface area contributed by atoms with Crippen LogP contribution in [-0.4, -0.2) is 45.4 Å². The topological polar surface area (TPSA) is 94.2 Å². The van der Waals surface area contributed by atoms with Gasteiger partial charge in [0.15, 0.2) is 0 Å². The van der Waals surface area contributed by atoms with Crippen LogP contribution in [0.15, 0.2) is 59.8 Å². The highest BCUT2D eigenvalue weighted by atomic mass is 19.1. The quantitative estimate of drug-likeness (QED) is 0.705. The summed E-state index contributed by atoms with van der Waals surface area (Å²) in [6.45, 7) is -0.0310. The first-order valence-corrected chi connectivity index (χ1v) is 9.33. The minimum atomic E-state index is -0.759. The maximum atomic E-state index is 13.1. The van der Waals surface area contributed by atoms with Crippen LogP contribution in [0, 0.1) is 5.82 Å². The van der Waals surface area contributed by atoms with Crippen molar-refractivity contribution in [1.29, 1.82) is 0 Å². The second kappa shape index (κ2) is 9.86. The van der Waals surface area contributed by atoms with Crippen molar-refractivity contribution in [3.63, 3.8) is 0 Å². The summed E-state index contributed by atoms with van der Waals surface area (Å²) in [5.74, 6) is -2.28. The molecule has 9 heteroatoms. The van der Waals surface area contributed by atoms with Gasteiger partial charge in [-0.05, 0) is 29.8 Å². The minimum Gasteiger partial charge on any atom is -0.466 e. The molecular weight excluding hydrogens is 407 g/mol. The van der Waals surface area contributed by atoms with E-state index in [0.29, 0.717) is 5.69 Å². The van der Waals surface area contributed by atoms with Crippen molar-refractivity contribution in [2.24, 2.45) is 0 Å². The Morgan fingerprint density at radius 2 is 1.71 bits per heavy atom. The van der Waals surface area contributed by atoms with Gasteiger partial charge in [-0.2, -0.15) is 0 Å². The number of ether oxygens (including phenoxy) is 3. The zero-order valence-electron chi connectivity index (χ0n) is 17.0. The van der Waals surface area contributed by atoms with E-state index in [9.17, 15) is 18.8 Å². The van der Waals surface area contributed by atoms with Crippen LogP contribution in [0.1, 0.15) is 15.9 Å². The number of para-hydroxylation sites is 1. The van der Waals surface area contributed by atoms with Gasteiger partial charge in [-0.15, -0.1) is 0 Å². The van der Waals surface area contributed by atoms with Gasteiger partial charge in [0.05, 0.1) is 37.7 Å². The van der Waals surface area contributed by atoms with Crippen molar-refractivity contribution in [3.05, 3.63) is 76.7 Å². The maximum Gasteiger partial charge on any atom is 0.355 e. The Labute approximate surface area is 178 Å². The molecule has 0 fully saturated rings. The van der Waals surface area contributed by atoms with Gasteiger partial charge >= 0.3 is 11.9 Å². The molecular formula is C22H21FN2O6. The van der Waals surface area contributed by atoms with E-state index in [2.05, 4.69) is 5.32 Å². The number of hydrogen-bond donors (Lipinski definition) is 1. The highest BCUT2D eigenvalue weighted by Gasteiger charge is 2.33. The second-order valence-corrected chi connectivity index (χ2v) is 6.54. The van der Waals surface area contributed by atoms with Crippen LogP contribution in [0.5, 0.6) is 0 Å². The Hall–Kier alpha value is -3.72. The molecule has 0 saturated heterocycles. The van der Waals surface area contributed by atoms with Gasteiger partial charge in [0.2, 0.25) is 0 Å². The number of carbonyl (C=O) groups is 3. The summed E-state index contributed by atoms with van der Waals surface area (Å²) in [5.41, 5.74) is 1.25. The molecule has 162 valence electrons. The molecule has 0 bridgehead atoms. The average Bonchev–Trinajstić information content (AvgIpc) is 2.82. The Kier molecular flexibility index (Phi) is 6.99. The number of carbonyl (C=O) groups excluding carboxylic acids is 3. The van der Waals surface area contributed by atoms with Crippen LogP contribution in [0.3, 0.4) is 0 Å². The van der Waals surface area contributed by atoms with E-state index in [1.54, 1.807) is 36.4 Å². The number of hydrogen-bond acceptors (Lipinski definition) is 7. The molecule has 0 aromatic heterocycles. The van der Waals surface area contributed by atoms with Gasteiger partial charge in [-0.1, -0.05) is 24.3 Å². The van der Waals surface area contributed by atoms with E-state index in [0.717, 1.165) is 5.56 Å². The van der Waals surface area contributed by atoms with Crippen LogP contribution in [0.2, 0.25) is 0 Å². The lowest BCUT2D eigenvalue weighted by Gasteiger charge is -2.32. The highest BCUT2D eigenvalue weighted by molar-refractivity contribution is 6.06. The molecule has 0 spiro atoms. The smallest absolute Gasteiger partial charge is 0.355 e. The van der Waals surface area contributed by atoms with Crippen molar-refractivity contribution >= 4 is 23.5 Å². The molecule has 1 aliphatic heterocycles. The molecule has 3 rings (SSSR count). The Morgan fingerprint density at radius 3 is 2.39 bits per heavy atom. The molecule has 1 N–H and O–H groups in total. The number of nitrogens with zero attached hydrogens (tertiary/aromatic N) is 1. The highest BCUT2D eigenvalue weighted by Crippen LogP contribution is 2.29. The zero-order chi connectivity index (χ0) is 22.4. The van der Waals surface area contributed by atoms with E-state index in [4.69, 9.17) is 14.2 Å². The summed E-state index contributed by atoms with van der Waals surface area (Å²) in [7, 11) is 2.39. The van der Waals surface area contributed by atoms with Crippen molar-refractivity contribution in [3.8, 4) is 0 Å². The lowest BCUT2D eigenvalue weighted by molar-refractivity contribution is -0.140. The van der Waals surface area contributed by atoms with E-state index < -0.39 is 17.8 Å².